The van der Waals surface area contributed by atoms with Crippen molar-refractivity contribution in [2.24, 2.45) is 5.92 Å². The van der Waals surface area contributed by atoms with Gasteiger partial charge >= 0.3 is 6.09 Å². The molecule has 0 saturated carbocycles. The topological polar surface area (TPSA) is 46.6 Å². The highest BCUT2D eigenvalue weighted by atomic mass is 16.6. The third-order valence-electron chi connectivity index (χ3n) is 6.30. The Kier molecular flexibility index (Phi) is 5.98. The molecule has 0 spiro atoms. The summed E-state index contributed by atoms with van der Waals surface area (Å²) in [5, 5.41) is 0. The van der Waals surface area contributed by atoms with Gasteiger partial charge in [0.05, 0.1) is 0 Å². The Labute approximate surface area is 172 Å². The molecule has 4 nitrogen and oxygen atoms in total. The number of Topliss-reactive ketones (excluding diaryl/α,β-unsaturated/α-hetero) is 1. The van der Waals surface area contributed by atoms with E-state index in [1.54, 1.807) is 0 Å². The first kappa shape index (κ1) is 19.7. The standard InChI is InChI=1S/C25H29NO3/c1-2-6-18-9-11-20(12-10-18)24(27)21-15-22-13-14-23(16-21)26(22)25(28)29-17-19-7-4-3-5-8-19/h3-5,7-12,21-23H,2,6,13-17H2,1H3. The molecule has 1 amide bonds. The maximum atomic E-state index is 13.0. The van der Waals surface area contributed by atoms with E-state index in [2.05, 4.69) is 19.1 Å². The van der Waals surface area contributed by atoms with Gasteiger partial charge in [-0.3, -0.25) is 4.79 Å². The second-order valence-corrected chi connectivity index (χ2v) is 8.31. The van der Waals surface area contributed by atoms with Crippen LogP contribution in [0.15, 0.2) is 54.6 Å². The van der Waals surface area contributed by atoms with Crippen molar-refractivity contribution in [2.75, 3.05) is 0 Å². The molecule has 4 rings (SSSR count). The lowest BCUT2D eigenvalue weighted by atomic mass is 9.84. The summed E-state index contributed by atoms with van der Waals surface area (Å²) in [5.41, 5.74) is 3.07. The van der Waals surface area contributed by atoms with Crippen molar-refractivity contribution in [1.82, 2.24) is 4.90 Å². The molecule has 2 aromatic carbocycles. The van der Waals surface area contributed by atoms with E-state index in [1.165, 1.54) is 5.56 Å². The number of benzene rings is 2. The van der Waals surface area contributed by atoms with Gasteiger partial charge in [-0.15, -0.1) is 0 Å². The van der Waals surface area contributed by atoms with E-state index in [1.807, 2.05) is 47.4 Å². The van der Waals surface area contributed by atoms with E-state index in [-0.39, 0.29) is 29.9 Å². The molecule has 2 aliphatic heterocycles. The van der Waals surface area contributed by atoms with Gasteiger partial charge in [0.25, 0.3) is 0 Å². The maximum absolute atomic E-state index is 13.0. The van der Waals surface area contributed by atoms with Crippen molar-refractivity contribution >= 4 is 11.9 Å². The molecule has 4 heteroatoms. The quantitative estimate of drug-likeness (QED) is 0.619. The Morgan fingerprint density at radius 3 is 2.21 bits per heavy atom. The number of fused-ring (bicyclic) bond motifs is 2. The normalized spacial score (nSPS) is 23.1. The lowest BCUT2D eigenvalue weighted by molar-refractivity contribution is 0.0485. The van der Waals surface area contributed by atoms with Crippen molar-refractivity contribution in [3.63, 3.8) is 0 Å². The van der Waals surface area contributed by atoms with Crippen LogP contribution >= 0.6 is 0 Å². The van der Waals surface area contributed by atoms with Crippen molar-refractivity contribution < 1.29 is 14.3 Å². The SMILES string of the molecule is CCCc1ccc(C(=O)C2CC3CCC(C2)N3C(=O)OCc2ccccc2)cc1. The van der Waals surface area contributed by atoms with Gasteiger partial charge in [0, 0.05) is 23.6 Å². The van der Waals surface area contributed by atoms with E-state index >= 15 is 0 Å². The number of ether oxygens (including phenoxy) is 1. The van der Waals surface area contributed by atoms with E-state index < -0.39 is 0 Å². The van der Waals surface area contributed by atoms with E-state index in [9.17, 15) is 9.59 Å². The summed E-state index contributed by atoms with van der Waals surface area (Å²) >= 11 is 0. The van der Waals surface area contributed by atoms with Gasteiger partial charge in [0.15, 0.2) is 5.78 Å². The number of ketones is 1. The molecule has 0 aromatic heterocycles. The number of aryl methyl sites for hydroxylation is 1. The van der Waals surface area contributed by atoms with E-state index in [0.29, 0.717) is 6.61 Å². The molecule has 0 N–H and O–H groups in total. The fraction of sp³-hybridized carbons (Fsp3) is 0.440. The Morgan fingerprint density at radius 2 is 1.59 bits per heavy atom. The smallest absolute Gasteiger partial charge is 0.410 e. The minimum Gasteiger partial charge on any atom is -0.445 e. The molecule has 2 atom stereocenters. The monoisotopic (exact) mass is 391 g/mol. The average Bonchev–Trinajstić information content (AvgIpc) is 3.02. The summed E-state index contributed by atoms with van der Waals surface area (Å²) in [7, 11) is 0. The van der Waals surface area contributed by atoms with Gasteiger partial charge in [-0.05, 0) is 43.2 Å². The lowest BCUT2D eigenvalue weighted by Crippen LogP contribution is -2.48. The first-order valence-electron chi connectivity index (χ1n) is 10.8. The second-order valence-electron chi connectivity index (χ2n) is 8.31. The van der Waals surface area contributed by atoms with Crippen LogP contribution in [0, 0.1) is 5.92 Å². The van der Waals surface area contributed by atoms with Crippen molar-refractivity contribution in [2.45, 2.75) is 64.1 Å². The highest BCUT2D eigenvalue weighted by molar-refractivity contribution is 5.98. The zero-order chi connectivity index (χ0) is 20.2. The molecule has 2 bridgehead atoms. The molecule has 2 saturated heterocycles. The number of piperidine rings is 1. The van der Waals surface area contributed by atoms with Crippen molar-refractivity contribution in [3.8, 4) is 0 Å². The minimum absolute atomic E-state index is 0.00250. The van der Waals surface area contributed by atoms with Crippen LogP contribution < -0.4 is 0 Å². The lowest BCUT2D eigenvalue weighted by Gasteiger charge is -2.37. The average molecular weight is 392 g/mol. The number of rotatable bonds is 6. The Bertz CT molecular complexity index is 832. The van der Waals surface area contributed by atoms with Crippen LogP contribution in [0.1, 0.15) is 60.5 Å². The third kappa shape index (κ3) is 4.36. The molecule has 2 aliphatic rings. The van der Waals surface area contributed by atoms with Crippen LogP contribution in [-0.2, 0) is 17.8 Å². The first-order chi connectivity index (χ1) is 14.2. The van der Waals surface area contributed by atoms with E-state index in [4.69, 9.17) is 4.74 Å². The Hall–Kier alpha value is -2.62. The Morgan fingerprint density at radius 1 is 0.931 bits per heavy atom. The van der Waals surface area contributed by atoms with Gasteiger partial charge in [0.2, 0.25) is 0 Å². The summed E-state index contributed by atoms with van der Waals surface area (Å²) < 4.78 is 5.57. The van der Waals surface area contributed by atoms with Gasteiger partial charge in [0.1, 0.15) is 6.61 Å². The molecule has 0 radical (unpaired) electrons. The highest BCUT2D eigenvalue weighted by Gasteiger charge is 2.45. The minimum atomic E-state index is -0.240. The highest BCUT2D eigenvalue weighted by Crippen LogP contribution is 2.40. The number of carbonyl (C=O) groups excluding carboxylic acids is 2. The van der Waals surface area contributed by atoms with Gasteiger partial charge in [-0.25, -0.2) is 4.79 Å². The molecule has 29 heavy (non-hydrogen) atoms. The second kappa shape index (κ2) is 8.81. The van der Waals surface area contributed by atoms with Gasteiger partial charge in [-0.1, -0.05) is 67.9 Å². The molecule has 152 valence electrons. The number of hydrogen-bond donors (Lipinski definition) is 0. The zero-order valence-corrected chi connectivity index (χ0v) is 17.0. The number of hydrogen-bond acceptors (Lipinski definition) is 3. The molecule has 2 fully saturated rings. The molecule has 2 heterocycles. The predicted molar refractivity (Wildman–Crippen MR) is 113 cm³/mol. The van der Waals surface area contributed by atoms with Crippen LogP contribution in [0.5, 0.6) is 0 Å². The largest absolute Gasteiger partial charge is 0.445 e. The molecular formula is C25H29NO3. The number of carbonyl (C=O) groups is 2. The van der Waals surface area contributed by atoms with Crippen LogP contribution in [0.3, 0.4) is 0 Å². The fourth-order valence-corrected chi connectivity index (χ4v) is 4.84. The van der Waals surface area contributed by atoms with Crippen LogP contribution in [-0.4, -0.2) is 28.9 Å². The van der Waals surface area contributed by atoms with Crippen LogP contribution in [0.4, 0.5) is 4.79 Å². The maximum Gasteiger partial charge on any atom is 0.410 e. The molecule has 0 aliphatic carbocycles. The Balaban J connectivity index is 1.37. The van der Waals surface area contributed by atoms with E-state index in [0.717, 1.165) is 49.7 Å². The fourth-order valence-electron chi connectivity index (χ4n) is 4.84. The van der Waals surface area contributed by atoms with Gasteiger partial charge < -0.3 is 9.64 Å². The predicted octanol–water partition coefficient (Wildman–Crippen LogP) is 5.40. The number of nitrogens with zero attached hydrogens (tertiary/aromatic N) is 1. The third-order valence-corrected chi connectivity index (χ3v) is 6.30. The van der Waals surface area contributed by atoms with Crippen LogP contribution in [0.25, 0.3) is 0 Å². The number of amides is 1. The van der Waals surface area contributed by atoms with Crippen LogP contribution in [0.2, 0.25) is 0 Å². The summed E-state index contributed by atoms with van der Waals surface area (Å²) in [5.74, 6) is 0.227. The zero-order valence-electron chi connectivity index (χ0n) is 17.0. The summed E-state index contributed by atoms with van der Waals surface area (Å²) in [6, 6.07) is 18.1. The summed E-state index contributed by atoms with van der Waals surface area (Å²) in [4.78, 5) is 27.6. The molecule has 2 unspecified atom stereocenters. The van der Waals surface area contributed by atoms with Gasteiger partial charge in [-0.2, -0.15) is 0 Å². The summed E-state index contributed by atoms with van der Waals surface area (Å²) in [6.07, 6.45) is 5.32. The van der Waals surface area contributed by atoms with Crippen molar-refractivity contribution in [3.05, 3.63) is 71.3 Å². The molecular weight excluding hydrogens is 362 g/mol. The van der Waals surface area contributed by atoms with Crippen molar-refractivity contribution in [1.29, 1.82) is 0 Å². The molecule has 2 aromatic rings. The first-order valence-corrected chi connectivity index (χ1v) is 10.8. The summed E-state index contributed by atoms with van der Waals surface area (Å²) in [6.45, 7) is 2.45.